The summed E-state index contributed by atoms with van der Waals surface area (Å²) in [5.74, 6) is 0. The zero-order valence-electron chi connectivity index (χ0n) is 7.67. The van der Waals surface area contributed by atoms with Gasteiger partial charge in [0.05, 0.1) is 18.8 Å². The highest BCUT2D eigenvalue weighted by Crippen LogP contribution is 2.18. The number of likely N-dealkylation sites (tertiary alicyclic amines) is 1. The van der Waals surface area contributed by atoms with E-state index in [1.165, 1.54) is 0 Å². The van der Waals surface area contributed by atoms with Crippen molar-refractivity contribution in [2.75, 3.05) is 19.7 Å². The molecule has 0 spiro atoms. The normalized spacial score (nSPS) is 42.2. The number of likely N-dealkylation sites (N-methyl/N-ethyl adjacent to an activating group) is 1. The summed E-state index contributed by atoms with van der Waals surface area (Å²) in [5, 5.41) is 37.1. The molecule has 0 aromatic heterocycles. The average molecular weight is 191 g/mol. The number of aliphatic hydroxyl groups excluding tert-OH is 4. The molecule has 0 aromatic carbocycles. The first kappa shape index (κ1) is 10.9. The van der Waals surface area contributed by atoms with Gasteiger partial charge in [-0.15, -0.1) is 0 Å². The van der Waals surface area contributed by atoms with Crippen molar-refractivity contribution in [3.63, 3.8) is 0 Å². The van der Waals surface area contributed by atoms with Crippen LogP contribution in [0.15, 0.2) is 0 Å². The van der Waals surface area contributed by atoms with E-state index in [-0.39, 0.29) is 6.61 Å². The molecule has 0 radical (unpaired) electrons. The summed E-state index contributed by atoms with van der Waals surface area (Å²) in [4.78, 5) is 1.75. The molecule has 4 N–H and O–H groups in total. The Morgan fingerprint density at radius 2 is 1.85 bits per heavy atom. The predicted octanol–water partition coefficient (Wildman–Crippen LogP) is -2.23. The molecule has 0 amide bonds. The van der Waals surface area contributed by atoms with Gasteiger partial charge in [-0.2, -0.15) is 0 Å². The molecule has 13 heavy (non-hydrogen) atoms. The smallest absolute Gasteiger partial charge is 0.109 e. The first-order chi connectivity index (χ1) is 6.11. The van der Waals surface area contributed by atoms with Crippen molar-refractivity contribution in [3.05, 3.63) is 0 Å². The fraction of sp³-hybridized carbons (Fsp3) is 1.00. The van der Waals surface area contributed by atoms with Crippen LogP contribution in [0.2, 0.25) is 0 Å². The van der Waals surface area contributed by atoms with Gasteiger partial charge in [0.2, 0.25) is 0 Å². The van der Waals surface area contributed by atoms with Crippen LogP contribution in [0.25, 0.3) is 0 Å². The number of rotatable bonds is 2. The molecule has 0 aromatic rings. The summed E-state index contributed by atoms with van der Waals surface area (Å²) in [7, 11) is 0. The molecule has 1 fully saturated rings. The Balaban J connectivity index is 2.69. The van der Waals surface area contributed by atoms with E-state index in [2.05, 4.69) is 0 Å². The molecular formula is C8H17NO4. The number of hydrogen-bond donors (Lipinski definition) is 4. The molecule has 3 unspecified atom stereocenters. The third-order valence-electron chi connectivity index (χ3n) is 2.62. The summed E-state index contributed by atoms with van der Waals surface area (Å²) in [6, 6.07) is -0.469. The van der Waals surface area contributed by atoms with Gasteiger partial charge in [0.15, 0.2) is 0 Å². The zero-order valence-corrected chi connectivity index (χ0v) is 7.67. The molecule has 5 nitrogen and oxygen atoms in total. The topological polar surface area (TPSA) is 84.2 Å². The average Bonchev–Trinajstić information content (AvgIpc) is 2.13. The molecule has 0 aliphatic carbocycles. The predicted molar refractivity (Wildman–Crippen MR) is 46.1 cm³/mol. The van der Waals surface area contributed by atoms with Gasteiger partial charge in [0, 0.05) is 6.54 Å². The van der Waals surface area contributed by atoms with Crippen LogP contribution < -0.4 is 0 Å². The minimum Gasteiger partial charge on any atom is -0.395 e. The van der Waals surface area contributed by atoms with Crippen LogP contribution in [0.4, 0.5) is 0 Å². The molecule has 4 atom stereocenters. The number of aliphatic hydroxyl groups is 4. The third kappa shape index (κ3) is 2.00. The van der Waals surface area contributed by atoms with E-state index in [0.29, 0.717) is 13.1 Å². The number of β-amino-alcohol motifs (C(OH)–C–C–N with tert-alkyl or cyclic N) is 1. The zero-order chi connectivity index (χ0) is 10.0. The Bertz CT molecular complexity index is 164. The molecule has 0 bridgehead atoms. The van der Waals surface area contributed by atoms with Crippen molar-refractivity contribution >= 4 is 0 Å². The number of nitrogens with zero attached hydrogens (tertiary/aromatic N) is 1. The van der Waals surface area contributed by atoms with E-state index < -0.39 is 24.4 Å². The Kier molecular flexibility index (Phi) is 3.63. The summed E-state index contributed by atoms with van der Waals surface area (Å²) in [5.41, 5.74) is 0. The second-order valence-corrected chi connectivity index (χ2v) is 3.39. The van der Waals surface area contributed by atoms with Crippen LogP contribution in [0.5, 0.6) is 0 Å². The van der Waals surface area contributed by atoms with Gasteiger partial charge in [-0.3, -0.25) is 4.90 Å². The van der Waals surface area contributed by atoms with Crippen LogP contribution in [-0.4, -0.2) is 69.4 Å². The van der Waals surface area contributed by atoms with Gasteiger partial charge in [-0.05, 0) is 6.54 Å². The monoisotopic (exact) mass is 191 g/mol. The Labute approximate surface area is 77.2 Å². The maximum atomic E-state index is 9.50. The second kappa shape index (κ2) is 4.34. The van der Waals surface area contributed by atoms with Gasteiger partial charge in [-0.1, -0.05) is 6.92 Å². The van der Waals surface area contributed by atoms with E-state index in [9.17, 15) is 15.3 Å². The van der Waals surface area contributed by atoms with E-state index in [0.717, 1.165) is 0 Å². The van der Waals surface area contributed by atoms with Crippen LogP contribution in [0.1, 0.15) is 6.92 Å². The summed E-state index contributed by atoms with van der Waals surface area (Å²) in [6.07, 6.45) is -3.16. The minimum absolute atomic E-state index is 0.210. The maximum Gasteiger partial charge on any atom is 0.109 e. The molecule has 0 saturated carbocycles. The summed E-state index contributed by atoms with van der Waals surface area (Å²) < 4.78 is 0. The lowest BCUT2D eigenvalue weighted by Gasteiger charge is -2.42. The van der Waals surface area contributed by atoms with E-state index >= 15 is 0 Å². The van der Waals surface area contributed by atoms with Crippen molar-refractivity contribution in [2.45, 2.75) is 31.3 Å². The van der Waals surface area contributed by atoms with Crippen molar-refractivity contribution in [3.8, 4) is 0 Å². The largest absolute Gasteiger partial charge is 0.395 e. The van der Waals surface area contributed by atoms with Crippen molar-refractivity contribution < 1.29 is 20.4 Å². The van der Waals surface area contributed by atoms with Crippen LogP contribution in [0.3, 0.4) is 0 Å². The molecule has 1 rings (SSSR count). The van der Waals surface area contributed by atoms with Gasteiger partial charge in [0.1, 0.15) is 12.2 Å². The van der Waals surface area contributed by atoms with Gasteiger partial charge < -0.3 is 20.4 Å². The van der Waals surface area contributed by atoms with E-state index in [1.54, 1.807) is 4.90 Å². The van der Waals surface area contributed by atoms with E-state index in [4.69, 9.17) is 5.11 Å². The molecule has 1 heterocycles. The molecule has 1 aliphatic rings. The van der Waals surface area contributed by atoms with Crippen molar-refractivity contribution in [1.82, 2.24) is 4.90 Å². The van der Waals surface area contributed by atoms with Crippen LogP contribution >= 0.6 is 0 Å². The Hall–Kier alpha value is -0.200. The molecule has 1 aliphatic heterocycles. The highest BCUT2D eigenvalue weighted by Gasteiger charge is 2.40. The van der Waals surface area contributed by atoms with Crippen LogP contribution in [-0.2, 0) is 0 Å². The third-order valence-corrected chi connectivity index (χ3v) is 2.62. The standard InChI is InChI=1S/C8H17NO4/c1-2-9-3-6(11)8(13)7(12)5(9)4-10/h5-8,10-13H,2-4H2,1H3/t5?,6?,7-,8?/m0/s1. The maximum absolute atomic E-state index is 9.50. The highest BCUT2D eigenvalue weighted by atomic mass is 16.4. The molecule has 1 saturated heterocycles. The Morgan fingerprint density at radius 1 is 1.23 bits per heavy atom. The van der Waals surface area contributed by atoms with E-state index in [1.807, 2.05) is 6.92 Å². The number of piperidine rings is 1. The quantitative estimate of drug-likeness (QED) is 0.397. The minimum atomic E-state index is -1.15. The van der Waals surface area contributed by atoms with Gasteiger partial charge in [-0.25, -0.2) is 0 Å². The first-order valence-electron chi connectivity index (χ1n) is 4.51. The Morgan fingerprint density at radius 3 is 2.31 bits per heavy atom. The molecule has 5 heteroatoms. The van der Waals surface area contributed by atoms with Crippen molar-refractivity contribution in [2.24, 2.45) is 0 Å². The lowest BCUT2D eigenvalue weighted by atomic mass is 9.94. The second-order valence-electron chi connectivity index (χ2n) is 3.39. The SMILES string of the molecule is CCN1CC(O)C(O)[C@@H](O)C1CO. The lowest BCUT2D eigenvalue weighted by molar-refractivity contribution is -0.143. The lowest BCUT2D eigenvalue weighted by Crippen LogP contribution is -2.62. The molecular weight excluding hydrogens is 174 g/mol. The summed E-state index contributed by atoms with van der Waals surface area (Å²) >= 11 is 0. The van der Waals surface area contributed by atoms with Crippen molar-refractivity contribution in [1.29, 1.82) is 0 Å². The fourth-order valence-corrected chi connectivity index (χ4v) is 1.74. The van der Waals surface area contributed by atoms with Gasteiger partial charge in [0.25, 0.3) is 0 Å². The number of hydrogen-bond acceptors (Lipinski definition) is 5. The van der Waals surface area contributed by atoms with Crippen LogP contribution in [0, 0.1) is 0 Å². The molecule has 78 valence electrons. The highest BCUT2D eigenvalue weighted by molar-refractivity contribution is 4.93. The first-order valence-corrected chi connectivity index (χ1v) is 4.51. The summed E-state index contributed by atoms with van der Waals surface area (Å²) in [6.45, 7) is 2.59. The van der Waals surface area contributed by atoms with Gasteiger partial charge >= 0.3 is 0 Å². The fourth-order valence-electron chi connectivity index (χ4n) is 1.74.